The third-order valence-corrected chi connectivity index (χ3v) is 11.3. The van der Waals surface area contributed by atoms with E-state index < -0.39 is 8.07 Å². The zero-order chi connectivity index (χ0) is 33.0. The minimum atomic E-state index is -1.16. The number of nitrogens with one attached hydrogen (secondary N) is 1. The number of aromatic nitrogens is 4. The van der Waals surface area contributed by atoms with Gasteiger partial charge in [-0.1, -0.05) is 25.7 Å². The lowest BCUT2D eigenvalue weighted by molar-refractivity contribution is 0.0817. The summed E-state index contributed by atoms with van der Waals surface area (Å²) in [6.07, 6.45) is 5.30. The second-order valence-electron chi connectivity index (χ2n) is 14.3. The molecule has 5 heterocycles. The van der Waals surface area contributed by atoms with E-state index in [2.05, 4.69) is 70.9 Å². The zero-order valence-electron chi connectivity index (χ0n) is 28.3. The van der Waals surface area contributed by atoms with Crippen molar-refractivity contribution in [3.8, 4) is 18.1 Å². The summed E-state index contributed by atoms with van der Waals surface area (Å²) in [7, 11) is -1.16. The summed E-state index contributed by atoms with van der Waals surface area (Å²) in [5.74, 6) is 0.924. The Morgan fingerprint density at radius 2 is 1.96 bits per heavy atom. The molecule has 6 rings (SSSR count). The van der Waals surface area contributed by atoms with Gasteiger partial charge >= 0.3 is 6.01 Å². The number of piperazine rings is 1. The third kappa shape index (κ3) is 7.70. The molecule has 2 aromatic heterocycles. The van der Waals surface area contributed by atoms with Crippen LogP contribution in [0.25, 0.3) is 10.9 Å². The first-order valence-electron chi connectivity index (χ1n) is 17.0. The minimum Gasteiger partial charge on any atom is -0.462 e. The predicted molar refractivity (Wildman–Crippen MR) is 185 cm³/mol. The van der Waals surface area contributed by atoms with Crippen LogP contribution in [0.4, 0.5) is 11.5 Å². The zero-order valence-corrected chi connectivity index (χ0v) is 29.3. The molecule has 0 bridgehead atoms. The van der Waals surface area contributed by atoms with Gasteiger partial charge in [0.1, 0.15) is 19.2 Å². The standard InChI is InChI=1S/C34H48N10O2Si/c1-25-7-8-31-29(20-38-44(31)24-45-18-19-47(2,3)4)32(25)42-15-10-28-30(22-42)39-34(46-23-27-6-5-14-41(27)16-12-36)40-33(28)43-17-13-37-26(21-43)9-11-35/h7-8,20,26-27,37H,5-6,9-10,13-19,21-24H2,1-4H3/t26-,27-/m0/s1. The summed E-state index contributed by atoms with van der Waals surface area (Å²) >= 11 is 0. The molecule has 0 aliphatic carbocycles. The maximum Gasteiger partial charge on any atom is 0.318 e. The summed E-state index contributed by atoms with van der Waals surface area (Å²) < 4.78 is 14.4. The Hall–Kier alpha value is -3.75. The monoisotopic (exact) mass is 656 g/mol. The molecule has 2 atom stereocenters. The number of nitriles is 2. The fourth-order valence-corrected chi connectivity index (χ4v) is 7.78. The number of anilines is 2. The number of rotatable bonds is 12. The number of ether oxygens (including phenoxy) is 2. The van der Waals surface area contributed by atoms with Crippen molar-refractivity contribution >= 4 is 30.5 Å². The Morgan fingerprint density at radius 1 is 1.09 bits per heavy atom. The lowest BCUT2D eigenvalue weighted by Crippen LogP contribution is -2.51. The van der Waals surface area contributed by atoms with Crippen molar-refractivity contribution in [2.24, 2.45) is 0 Å². The molecule has 0 unspecified atom stereocenters. The lowest BCUT2D eigenvalue weighted by atomic mass is 10.0. The van der Waals surface area contributed by atoms with E-state index in [1.165, 1.54) is 11.3 Å². The van der Waals surface area contributed by atoms with E-state index >= 15 is 0 Å². The molecule has 1 aromatic carbocycles. The highest BCUT2D eigenvalue weighted by Crippen LogP contribution is 2.36. The van der Waals surface area contributed by atoms with Crippen molar-refractivity contribution in [2.75, 3.05) is 62.3 Å². The van der Waals surface area contributed by atoms with Gasteiger partial charge in [-0.05, 0) is 50.4 Å². The van der Waals surface area contributed by atoms with Crippen LogP contribution in [0.5, 0.6) is 6.01 Å². The van der Waals surface area contributed by atoms with E-state index in [0.717, 1.165) is 92.6 Å². The number of hydrogen-bond donors (Lipinski definition) is 1. The first-order chi connectivity index (χ1) is 22.7. The minimum absolute atomic E-state index is 0.0955. The fraction of sp³-hybridized carbons (Fsp3) is 0.618. The van der Waals surface area contributed by atoms with Crippen LogP contribution < -0.4 is 19.9 Å². The van der Waals surface area contributed by atoms with Crippen molar-refractivity contribution in [3.63, 3.8) is 0 Å². The number of benzene rings is 1. The molecule has 0 spiro atoms. The summed E-state index contributed by atoms with van der Waals surface area (Å²) in [4.78, 5) is 16.9. The maximum absolute atomic E-state index is 9.37. The molecule has 47 heavy (non-hydrogen) atoms. The van der Waals surface area contributed by atoms with Gasteiger partial charge in [-0.15, -0.1) is 0 Å². The summed E-state index contributed by atoms with van der Waals surface area (Å²) in [6, 6.07) is 10.7. The molecule has 0 amide bonds. The number of likely N-dealkylation sites (tertiary alicyclic amines) is 1. The molecule has 250 valence electrons. The van der Waals surface area contributed by atoms with Crippen LogP contribution in [0.15, 0.2) is 18.3 Å². The van der Waals surface area contributed by atoms with E-state index in [1.807, 2.05) is 10.9 Å². The smallest absolute Gasteiger partial charge is 0.318 e. The Morgan fingerprint density at radius 3 is 2.77 bits per heavy atom. The van der Waals surface area contributed by atoms with Gasteiger partial charge in [0.05, 0.1) is 54.7 Å². The largest absolute Gasteiger partial charge is 0.462 e. The third-order valence-electron chi connectivity index (χ3n) is 9.62. The van der Waals surface area contributed by atoms with Crippen LogP contribution in [0.1, 0.15) is 36.1 Å². The van der Waals surface area contributed by atoms with Crippen molar-refractivity contribution in [2.45, 2.75) is 83.7 Å². The molecule has 3 aromatic rings. The molecule has 12 nitrogen and oxygen atoms in total. The van der Waals surface area contributed by atoms with Crippen molar-refractivity contribution in [3.05, 3.63) is 35.2 Å². The van der Waals surface area contributed by atoms with Crippen LogP contribution in [0.3, 0.4) is 0 Å². The Balaban J connectivity index is 1.27. The van der Waals surface area contributed by atoms with Gasteiger partial charge in [0.2, 0.25) is 0 Å². The van der Waals surface area contributed by atoms with E-state index in [0.29, 0.717) is 38.9 Å². The van der Waals surface area contributed by atoms with Gasteiger partial charge in [0.25, 0.3) is 0 Å². The Bertz CT molecular complexity index is 1640. The Kier molecular flexibility index (Phi) is 10.3. The SMILES string of the molecule is Cc1ccc2c(cnn2COCC[Si](C)(C)C)c1N1CCc2c(nc(OC[C@@H]3CCCN3CC#N)nc2N2CCN[C@@H](CC#N)C2)C1. The molecule has 13 heteroatoms. The second kappa shape index (κ2) is 14.6. The molecule has 0 saturated carbocycles. The first kappa shape index (κ1) is 33.2. The van der Waals surface area contributed by atoms with E-state index in [-0.39, 0.29) is 12.1 Å². The van der Waals surface area contributed by atoms with E-state index in [9.17, 15) is 10.5 Å². The number of hydrogen-bond acceptors (Lipinski definition) is 11. The first-order valence-corrected chi connectivity index (χ1v) is 20.7. The van der Waals surface area contributed by atoms with Crippen LogP contribution >= 0.6 is 0 Å². The highest BCUT2D eigenvalue weighted by atomic mass is 28.3. The second-order valence-corrected chi connectivity index (χ2v) is 19.9. The van der Waals surface area contributed by atoms with E-state index in [4.69, 9.17) is 24.5 Å². The molecule has 2 saturated heterocycles. The maximum atomic E-state index is 9.37. The molecule has 1 N–H and O–H groups in total. The number of fused-ring (bicyclic) bond motifs is 2. The molecular weight excluding hydrogens is 609 g/mol. The van der Waals surface area contributed by atoms with Gasteiger partial charge in [0, 0.05) is 63.9 Å². The van der Waals surface area contributed by atoms with Gasteiger partial charge < -0.3 is 24.6 Å². The molecule has 3 aliphatic rings. The summed E-state index contributed by atoms with van der Waals surface area (Å²) in [5, 5.41) is 28.0. The summed E-state index contributed by atoms with van der Waals surface area (Å²) in [5.41, 5.74) is 5.59. The van der Waals surface area contributed by atoms with Crippen molar-refractivity contribution < 1.29 is 9.47 Å². The summed E-state index contributed by atoms with van der Waals surface area (Å²) in [6.45, 7) is 16.0. The van der Waals surface area contributed by atoms with Crippen molar-refractivity contribution in [1.82, 2.24) is 30.0 Å². The predicted octanol–water partition coefficient (Wildman–Crippen LogP) is 4.07. The number of aryl methyl sites for hydroxylation is 1. The van der Waals surface area contributed by atoms with Gasteiger partial charge in [-0.25, -0.2) is 4.68 Å². The molecular formula is C34H48N10O2Si. The average Bonchev–Trinajstić information content (AvgIpc) is 3.68. The normalized spacial score (nSPS) is 20.3. The highest BCUT2D eigenvalue weighted by Gasteiger charge is 2.31. The van der Waals surface area contributed by atoms with Crippen molar-refractivity contribution in [1.29, 1.82) is 10.5 Å². The van der Waals surface area contributed by atoms with Gasteiger partial charge in [-0.2, -0.15) is 25.6 Å². The quantitative estimate of drug-likeness (QED) is 0.172. The Labute approximate surface area is 279 Å². The average molecular weight is 657 g/mol. The van der Waals surface area contributed by atoms with E-state index in [1.54, 1.807) is 0 Å². The van der Waals surface area contributed by atoms with Crippen LogP contribution in [-0.4, -0.2) is 97.3 Å². The fourth-order valence-electron chi connectivity index (χ4n) is 7.02. The number of nitrogens with zero attached hydrogens (tertiary/aromatic N) is 9. The molecule has 3 aliphatic heterocycles. The van der Waals surface area contributed by atoms with Gasteiger partial charge in [-0.3, -0.25) is 4.90 Å². The van der Waals surface area contributed by atoms with Crippen LogP contribution in [0, 0.1) is 29.6 Å². The topological polar surface area (TPSA) is 131 Å². The van der Waals surface area contributed by atoms with Gasteiger partial charge in [0.15, 0.2) is 0 Å². The lowest BCUT2D eigenvalue weighted by Gasteiger charge is -2.37. The van der Waals surface area contributed by atoms with Crippen LogP contribution in [-0.2, 0) is 24.4 Å². The van der Waals surface area contributed by atoms with Crippen LogP contribution in [0.2, 0.25) is 25.7 Å². The molecule has 0 radical (unpaired) electrons. The molecule has 2 fully saturated rings. The highest BCUT2D eigenvalue weighted by molar-refractivity contribution is 6.76.